The molecule has 8 heteroatoms. The Balaban J connectivity index is 1.67. The molecule has 1 aliphatic rings. The van der Waals surface area contributed by atoms with E-state index in [1.54, 1.807) is 17.0 Å². The molecule has 1 aromatic heterocycles. The van der Waals surface area contributed by atoms with Crippen molar-refractivity contribution in [3.63, 3.8) is 0 Å². The van der Waals surface area contributed by atoms with Crippen LogP contribution in [0.5, 0.6) is 0 Å². The lowest BCUT2D eigenvalue weighted by Gasteiger charge is -2.30. The summed E-state index contributed by atoms with van der Waals surface area (Å²) in [5, 5.41) is 9.67. The molecule has 1 atom stereocenters. The van der Waals surface area contributed by atoms with Gasteiger partial charge in [-0.2, -0.15) is 0 Å². The highest BCUT2D eigenvalue weighted by Crippen LogP contribution is 2.16. The number of amides is 1. The zero-order valence-electron chi connectivity index (χ0n) is 13.6. The third-order valence-corrected chi connectivity index (χ3v) is 5.53. The fourth-order valence-electron chi connectivity index (χ4n) is 2.76. The van der Waals surface area contributed by atoms with Crippen LogP contribution < -0.4 is 4.72 Å². The monoisotopic (exact) mass is 364 g/mol. The molecule has 7 nitrogen and oxygen atoms in total. The number of carbonyl (C=O) groups excluding carboxylic acids is 1. The second-order valence-electron chi connectivity index (χ2n) is 5.98. The Morgan fingerprint density at radius 2 is 2.04 bits per heavy atom. The number of aliphatic hydroxyl groups excluding tert-OH is 1. The van der Waals surface area contributed by atoms with Crippen molar-refractivity contribution in [2.75, 3.05) is 13.1 Å². The smallest absolute Gasteiger partial charge is 0.253 e. The molecule has 0 unspecified atom stereocenters. The zero-order valence-corrected chi connectivity index (χ0v) is 14.4. The Labute approximate surface area is 146 Å². The molecule has 1 aliphatic heterocycles. The number of hydrogen-bond acceptors (Lipinski definition) is 5. The summed E-state index contributed by atoms with van der Waals surface area (Å²) in [5.74, 6) is 0.310. The third-order valence-electron chi connectivity index (χ3n) is 4.11. The number of sulfonamides is 1. The maximum Gasteiger partial charge on any atom is 0.253 e. The number of likely N-dealkylation sites (tertiary alicyclic amines) is 1. The van der Waals surface area contributed by atoms with Gasteiger partial charge in [0.1, 0.15) is 5.76 Å². The predicted octanol–water partition coefficient (Wildman–Crippen LogP) is 1.35. The number of β-amino-alcohol motifs (C(OH)–C–C–N with tert-alkyl or cyclic N) is 1. The van der Waals surface area contributed by atoms with E-state index in [0.717, 1.165) is 6.42 Å². The first-order chi connectivity index (χ1) is 12.0. The van der Waals surface area contributed by atoms with Crippen LogP contribution in [0, 0.1) is 0 Å². The normalized spacial score (nSPS) is 18.3. The summed E-state index contributed by atoms with van der Waals surface area (Å²) in [5.41, 5.74) is 0.402. The van der Waals surface area contributed by atoms with Gasteiger partial charge < -0.3 is 14.4 Å². The van der Waals surface area contributed by atoms with Crippen LogP contribution in [0.4, 0.5) is 0 Å². The van der Waals surface area contributed by atoms with Crippen molar-refractivity contribution in [2.45, 2.75) is 30.4 Å². The highest BCUT2D eigenvalue weighted by molar-refractivity contribution is 7.89. The van der Waals surface area contributed by atoms with Crippen molar-refractivity contribution in [3.05, 3.63) is 54.0 Å². The molecular weight excluding hydrogens is 344 g/mol. The van der Waals surface area contributed by atoms with E-state index in [0.29, 0.717) is 30.8 Å². The lowest BCUT2D eigenvalue weighted by Crippen LogP contribution is -2.42. The van der Waals surface area contributed by atoms with Crippen molar-refractivity contribution in [2.24, 2.45) is 0 Å². The predicted molar refractivity (Wildman–Crippen MR) is 90.3 cm³/mol. The van der Waals surface area contributed by atoms with Gasteiger partial charge in [0.2, 0.25) is 10.0 Å². The van der Waals surface area contributed by atoms with Crippen LogP contribution in [0.1, 0.15) is 29.0 Å². The number of nitrogens with one attached hydrogen (secondary N) is 1. The largest absolute Gasteiger partial charge is 0.468 e. The van der Waals surface area contributed by atoms with Crippen molar-refractivity contribution in [1.82, 2.24) is 9.62 Å². The molecule has 2 N–H and O–H groups in total. The Bertz CT molecular complexity index is 815. The van der Waals surface area contributed by atoms with Crippen LogP contribution >= 0.6 is 0 Å². The molecule has 1 saturated heterocycles. The van der Waals surface area contributed by atoms with Crippen LogP contribution in [0.25, 0.3) is 0 Å². The van der Waals surface area contributed by atoms with E-state index in [2.05, 4.69) is 4.72 Å². The Morgan fingerprint density at radius 1 is 1.28 bits per heavy atom. The minimum absolute atomic E-state index is 0.0572. The second-order valence-corrected chi connectivity index (χ2v) is 7.74. The lowest BCUT2D eigenvalue weighted by atomic mass is 10.1. The fourth-order valence-corrected chi connectivity index (χ4v) is 3.75. The highest BCUT2D eigenvalue weighted by atomic mass is 32.2. The molecule has 25 heavy (non-hydrogen) atoms. The summed E-state index contributed by atoms with van der Waals surface area (Å²) in [7, 11) is -3.69. The highest BCUT2D eigenvalue weighted by Gasteiger charge is 2.23. The molecule has 0 radical (unpaired) electrons. The van der Waals surface area contributed by atoms with E-state index in [9.17, 15) is 18.3 Å². The summed E-state index contributed by atoms with van der Waals surface area (Å²) in [4.78, 5) is 14.1. The van der Waals surface area contributed by atoms with Crippen molar-refractivity contribution < 1.29 is 22.7 Å². The third kappa shape index (κ3) is 4.28. The van der Waals surface area contributed by atoms with E-state index in [1.807, 2.05) is 0 Å². The van der Waals surface area contributed by atoms with Gasteiger partial charge in [0.15, 0.2) is 0 Å². The van der Waals surface area contributed by atoms with Gasteiger partial charge in [0, 0.05) is 18.7 Å². The number of carbonyl (C=O) groups is 1. The molecule has 2 heterocycles. The van der Waals surface area contributed by atoms with Gasteiger partial charge in [-0.15, -0.1) is 0 Å². The maximum absolute atomic E-state index is 12.4. The summed E-state index contributed by atoms with van der Waals surface area (Å²) in [6.45, 7) is 0.964. The van der Waals surface area contributed by atoms with Crippen LogP contribution in [-0.4, -0.2) is 43.5 Å². The van der Waals surface area contributed by atoms with Crippen molar-refractivity contribution in [1.29, 1.82) is 0 Å². The van der Waals surface area contributed by atoms with Crippen LogP contribution in [0.2, 0.25) is 0 Å². The van der Waals surface area contributed by atoms with E-state index in [4.69, 9.17) is 4.42 Å². The molecule has 2 aromatic rings. The number of furan rings is 1. The van der Waals surface area contributed by atoms with Gasteiger partial charge in [-0.25, -0.2) is 13.1 Å². The molecule has 0 spiro atoms. The first-order valence-corrected chi connectivity index (χ1v) is 9.53. The van der Waals surface area contributed by atoms with E-state index in [-0.39, 0.29) is 17.3 Å². The quantitative estimate of drug-likeness (QED) is 0.834. The average Bonchev–Trinajstić information content (AvgIpc) is 3.13. The molecule has 1 fully saturated rings. The van der Waals surface area contributed by atoms with Gasteiger partial charge in [0.25, 0.3) is 5.91 Å². The molecule has 1 amide bonds. The fraction of sp³-hybridized carbons (Fsp3) is 0.353. The number of nitrogens with zero attached hydrogens (tertiary/aromatic N) is 1. The molecule has 3 rings (SSSR count). The summed E-state index contributed by atoms with van der Waals surface area (Å²) >= 11 is 0. The summed E-state index contributed by atoms with van der Waals surface area (Å²) in [6.07, 6.45) is 2.43. The standard InChI is InChI=1S/C17H20N2O5S/c20-14-3-1-9-19(12-14)17(21)13-5-7-16(8-6-13)25(22,23)18-11-15-4-2-10-24-15/h2,4-8,10,14,18,20H,1,3,9,11-12H2/t14-/m0/s1. The first kappa shape index (κ1) is 17.7. The number of hydrogen-bond donors (Lipinski definition) is 2. The number of aliphatic hydroxyl groups is 1. The average molecular weight is 364 g/mol. The second kappa shape index (κ2) is 7.38. The van der Waals surface area contributed by atoms with Crippen LogP contribution in [-0.2, 0) is 16.6 Å². The topological polar surface area (TPSA) is 99.8 Å². The first-order valence-electron chi connectivity index (χ1n) is 8.05. The van der Waals surface area contributed by atoms with Crippen molar-refractivity contribution in [3.8, 4) is 0 Å². The Hall–Kier alpha value is -2.16. The zero-order chi connectivity index (χ0) is 17.9. The Kier molecular flexibility index (Phi) is 5.22. The Morgan fingerprint density at radius 3 is 2.68 bits per heavy atom. The van der Waals surface area contributed by atoms with Gasteiger partial charge in [-0.1, -0.05) is 0 Å². The van der Waals surface area contributed by atoms with Crippen LogP contribution in [0.3, 0.4) is 0 Å². The number of piperidine rings is 1. The molecule has 1 aromatic carbocycles. The molecular formula is C17H20N2O5S. The minimum atomic E-state index is -3.69. The van der Waals surface area contributed by atoms with E-state index < -0.39 is 16.1 Å². The molecule has 0 saturated carbocycles. The number of benzene rings is 1. The van der Waals surface area contributed by atoms with Gasteiger partial charge in [-0.05, 0) is 49.2 Å². The molecule has 134 valence electrons. The molecule has 0 aliphatic carbocycles. The minimum Gasteiger partial charge on any atom is -0.468 e. The van der Waals surface area contributed by atoms with Gasteiger partial charge in [-0.3, -0.25) is 4.79 Å². The maximum atomic E-state index is 12.4. The summed E-state index contributed by atoms with van der Waals surface area (Å²) < 4.78 is 32.1. The van der Waals surface area contributed by atoms with E-state index >= 15 is 0 Å². The van der Waals surface area contributed by atoms with E-state index in [1.165, 1.54) is 30.5 Å². The lowest BCUT2D eigenvalue weighted by molar-refractivity contribution is 0.0473. The van der Waals surface area contributed by atoms with Gasteiger partial charge >= 0.3 is 0 Å². The van der Waals surface area contributed by atoms with Crippen LogP contribution in [0.15, 0.2) is 52.0 Å². The van der Waals surface area contributed by atoms with Gasteiger partial charge in [0.05, 0.1) is 23.8 Å². The number of rotatable bonds is 5. The summed E-state index contributed by atoms with van der Waals surface area (Å²) in [6, 6.07) is 9.14. The molecule has 0 bridgehead atoms. The van der Waals surface area contributed by atoms with Crippen molar-refractivity contribution >= 4 is 15.9 Å². The SMILES string of the molecule is O=C(c1ccc(S(=O)(=O)NCc2ccco2)cc1)N1CCC[C@H](O)C1.